The molecule has 16 heavy (non-hydrogen) atoms. The van der Waals surface area contributed by atoms with Crippen LogP contribution in [0.4, 0.5) is 0 Å². The number of rotatable bonds is 5. The van der Waals surface area contributed by atoms with E-state index in [2.05, 4.69) is 41.1 Å². The number of benzene rings is 1. The second-order valence-corrected chi connectivity index (χ2v) is 6.13. The number of fused-ring (bicyclic) bond motifs is 1. The summed E-state index contributed by atoms with van der Waals surface area (Å²) < 4.78 is 5.50. The van der Waals surface area contributed by atoms with Crippen molar-refractivity contribution in [2.24, 2.45) is 0 Å². The maximum Gasteiger partial charge on any atom is 0.122 e. The van der Waals surface area contributed by atoms with Crippen molar-refractivity contribution in [2.75, 3.05) is 6.61 Å². The Hall–Kier alpha value is -0.500. The Morgan fingerprint density at radius 3 is 3.06 bits per heavy atom. The molecule has 0 spiro atoms. The van der Waals surface area contributed by atoms with Crippen LogP contribution in [0.2, 0.25) is 0 Å². The highest BCUT2D eigenvalue weighted by atomic mass is 79.9. The van der Waals surface area contributed by atoms with Crippen LogP contribution in [0.25, 0.3) is 0 Å². The van der Waals surface area contributed by atoms with E-state index >= 15 is 0 Å². The summed E-state index contributed by atoms with van der Waals surface area (Å²) in [6.45, 7) is 3.08. The summed E-state index contributed by atoms with van der Waals surface area (Å²) in [7, 11) is 0. The first-order chi connectivity index (χ1) is 7.75. The van der Waals surface area contributed by atoms with Gasteiger partial charge in [-0.2, -0.15) is 0 Å². The molecule has 0 aromatic heterocycles. The molecular formula is C14H19BrO. The molecular weight excluding hydrogens is 264 g/mol. The lowest BCUT2D eigenvalue weighted by Gasteiger charge is -2.05. The molecule has 2 rings (SSSR count). The fourth-order valence-corrected chi connectivity index (χ4v) is 2.47. The first kappa shape index (κ1) is 12.0. The van der Waals surface area contributed by atoms with E-state index < -0.39 is 0 Å². The maximum atomic E-state index is 5.50. The zero-order chi connectivity index (χ0) is 11.4. The molecule has 2 heteroatoms. The van der Waals surface area contributed by atoms with E-state index in [1.807, 2.05) is 0 Å². The Morgan fingerprint density at radius 2 is 2.25 bits per heavy atom. The largest absolute Gasteiger partial charge is 0.493 e. The molecule has 1 nitrogen and oxygen atoms in total. The Labute approximate surface area is 106 Å². The van der Waals surface area contributed by atoms with Gasteiger partial charge in [0, 0.05) is 11.2 Å². The SMILES string of the molecule is CC(Br)CCCCc1ccc2c(c1)CCO2. The molecule has 0 saturated heterocycles. The summed E-state index contributed by atoms with van der Waals surface area (Å²) in [5.41, 5.74) is 2.86. The summed E-state index contributed by atoms with van der Waals surface area (Å²) in [6.07, 6.45) is 6.15. The van der Waals surface area contributed by atoms with Crippen molar-refractivity contribution in [3.05, 3.63) is 29.3 Å². The number of alkyl halides is 1. The highest BCUT2D eigenvalue weighted by Gasteiger charge is 2.11. The molecule has 1 unspecified atom stereocenters. The van der Waals surface area contributed by atoms with Gasteiger partial charge < -0.3 is 4.74 Å². The predicted molar refractivity (Wildman–Crippen MR) is 71.6 cm³/mol. The van der Waals surface area contributed by atoms with E-state index in [1.165, 1.54) is 36.8 Å². The van der Waals surface area contributed by atoms with E-state index in [0.29, 0.717) is 4.83 Å². The van der Waals surface area contributed by atoms with Gasteiger partial charge in [-0.1, -0.05) is 41.4 Å². The fraction of sp³-hybridized carbons (Fsp3) is 0.571. The summed E-state index contributed by atoms with van der Waals surface area (Å²) in [5.74, 6) is 1.10. The minimum Gasteiger partial charge on any atom is -0.493 e. The minimum atomic E-state index is 0.654. The average Bonchev–Trinajstić information content (AvgIpc) is 2.71. The predicted octanol–water partition coefficient (Wildman–Crippen LogP) is 4.12. The third-order valence-corrected chi connectivity index (χ3v) is 3.53. The van der Waals surface area contributed by atoms with Crippen LogP contribution in [-0.2, 0) is 12.8 Å². The van der Waals surface area contributed by atoms with Gasteiger partial charge in [-0.15, -0.1) is 0 Å². The fourth-order valence-electron chi connectivity index (χ4n) is 2.15. The normalized spacial score (nSPS) is 15.6. The number of halogens is 1. The third-order valence-electron chi connectivity index (χ3n) is 3.07. The number of unbranched alkanes of at least 4 members (excludes halogenated alkanes) is 1. The number of hydrogen-bond acceptors (Lipinski definition) is 1. The van der Waals surface area contributed by atoms with Crippen molar-refractivity contribution in [2.45, 2.75) is 43.9 Å². The zero-order valence-electron chi connectivity index (χ0n) is 9.84. The molecule has 88 valence electrons. The van der Waals surface area contributed by atoms with Gasteiger partial charge in [-0.25, -0.2) is 0 Å². The molecule has 1 atom stereocenters. The van der Waals surface area contributed by atoms with Crippen LogP contribution in [0.3, 0.4) is 0 Å². The van der Waals surface area contributed by atoms with Crippen LogP contribution in [0, 0.1) is 0 Å². The topological polar surface area (TPSA) is 9.23 Å². The molecule has 1 aliphatic rings. The molecule has 1 heterocycles. The monoisotopic (exact) mass is 282 g/mol. The quantitative estimate of drug-likeness (QED) is 0.583. The third kappa shape index (κ3) is 3.24. The van der Waals surface area contributed by atoms with Gasteiger partial charge in [-0.3, -0.25) is 0 Å². The van der Waals surface area contributed by atoms with Crippen LogP contribution in [0.15, 0.2) is 18.2 Å². The summed E-state index contributed by atoms with van der Waals surface area (Å²) in [6, 6.07) is 6.66. The molecule has 0 aliphatic carbocycles. The number of aryl methyl sites for hydroxylation is 1. The van der Waals surface area contributed by atoms with Gasteiger partial charge in [0.25, 0.3) is 0 Å². The van der Waals surface area contributed by atoms with Gasteiger partial charge in [0.15, 0.2) is 0 Å². The van der Waals surface area contributed by atoms with E-state index in [-0.39, 0.29) is 0 Å². The molecule has 0 bridgehead atoms. The van der Waals surface area contributed by atoms with Gasteiger partial charge in [0.05, 0.1) is 6.61 Å². The van der Waals surface area contributed by atoms with Gasteiger partial charge in [-0.05, 0) is 36.5 Å². The highest BCUT2D eigenvalue weighted by Crippen LogP contribution is 2.26. The average molecular weight is 283 g/mol. The van der Waals surface area contributed by atoms with Crippen molar-refractivity contribution in [3.63, 3.8) is 0 Å². The molecule has 0 saturated carbocycles. The Bertz CT molecular complexity index is 347. The van der Waals surface area contributed by atoms with Crippen molar-refractivity contribution >= 4 is 15.9 Å². The van der Waals surface area contributed by atoms with Crippen molar-refractivity contribution in [3.8, 4) is 5.75 Å². The number of hydrogen-bond donors (Lipinski definition) is 0. The molecule has 1 aromatic carbocycles. The smallest absolute Gasteiger partial charge is 0.122 e. The van der Waals surface area contributed by atoms with Gasteiger partial charge in [0.1, 0.15) is 5.75 Å². The highest BCUT2D eigenvalue weighted by molar-refractivity contribution is 9.09. The van der Waals surface area contributed by atoms with Crippen LogP contribution < -0.4 is 4.74 Å². The number of ether oxygens (including phenoxy) is 1. The zero-order valence-corrected chi connectivity index (χ0v) is 11.4. The molecule has 0 fully saturated rings. The van der Waals surface area contributed by atoms with E-state index in [9.17, 15) is 0 Å². The van der Waals surface area contributed by atoms with Gasteiger partial charge in [0.2, 0.25) is 0 Å². The van der Waals surface area contributed by atoms with Crippen LogP contribution in [0.5, 0.6) is 5.75 Å². The van der Waals surface area contributed by atoms with E-state index in [1.54, 1.807) is 0 Å². The second kappa shape index (κ2) is 5.72. The standard InChI is InChI=1S/C14H19BrO/c1-11(15)4-2-3-5-12-6-7-14-13(10-12)8-9-16-14/h6-7,10-11H,2-5,8-9H2,1H3. The Balaban J connectivity index is 1.81. The minimum absolute atomic E-state index is 0.654. The Kier molecular flexibility index (Phi) is 4.28. The van der Waals surface area contributed by atoms with E-state index in [0.717, 1.165) is 18.8 Å². The van der Waals surface area contributed by atoms with Gasteiger partial charge >= 0.3 is 0 Å². The van der Waals surface area contributed by atoms with Crippen molar-refractivity contribution in [1.82, 2.24) is 0 Å². The molecule has 0 radical (unpaired) electrons. The second-order valence-electron chi connectivity index (χ2n) is 4.57. The molecule has 0 N–H and O–H groups in total. The summed E-state index contributed by atoms with van der Waals surface area (Å²) in [4.78, 5) is 0.654. The van der Waals surface area contributed by atoms with Crippen molar-refractivity contribution in [1.29, 1.82) is 0 Å². The summed E-state index contributed by atoms with van der Waals surface area (Å²) in [5, 5.41) is 0. The molecule has 1 aromatic rings. The first-order valence-electron chi connectivity index (χ1n) is 6.14. The van der Waals surface area contributed by atoms with Crippen LogP contribution >= 0.6 is 15.9 Å². The lowest BCUT2D eigenvalue weighted by Crippen LogP contribution is -1.92. The lowest BCUT2D eigenvalue weighted by atomic mass is 10.0. The maximum absolute atomic E-state index is 5.50. The van der Waals surface area contributed by atoms with Crippen LogP contribution in [0.1, 0.15) is 37.3 Å². The summed E-state index contributed by atoms with van der Waals surface area (Å²) >= 11 is 3.58. The lowest BCUT2D eigenvalue weighted by molar-refractivity contribution is 0.357. The Morgan fingerprint density at radius 1 is 1.38 bits per heavy atom. The van der Waals surface area contributed by atoms with Crippen molar-refractivity contribution < 1.29 is 4.74 Å². The van der Waals surface area contributed by atoms with E-state index in [4.69, 9.17) is 4.74 Å². The van der Waals surface area contributed by atoms with Crippen LogP contribution in [-0.4, -0.2) is 11.4 Å². The first-order valence-corrected chi connectivity index (χ1v) is 7.06. The molecule has 1 aliphatic heterocycles. The molecule has 0 amide bonds.